The van der Waals surface area contributed by atoms with E-state index < -0.39 is 0 Å². The van der Waals surface area contributed by atoms with E-state index in [1.165, 1.54) is 5.56 Å². The van der Waals surface area contributed by atoms with Gasteiger partial charge in [-0.2, -0.15) is 0 Å². The van der Waals surface area contributed by atoms with Crippen molar-refractivity contribution in [2.24, 2.45) is 0 Å². The van der Waals surface area contributed by atoms with Gasteiger partial charge in [-0.3, -0.25) is 4.79 Å². The summed E-state index contributed by atoms with van der Waals surface area (Å²) in [6.07, 6.45) is 3.11. The van der Waals surface area contributed by atoms with Crippen molar-refractivity contribution in [2.75, 3.05) is 27.4 Å². The third kappa shape index (κ3) is 5.88. The molecule has 6 heteroatoms. The second-order valence-corrected chi connectivity index (χ2v) is 8.52. The minimum Gasteiger partial charge on any atom is -0.493 e. The van der Waals surface area contributed by atoms with Gasteiger partial charge in [0, 0.05) is 12.0 Å². The van der Waals surface area contributed by atoms with Crippen LogP contribution in [0.5, 0.6) is 23.0 Å². The zero-order valence-corrected chi connectivity index (χ0v) is 20.6. The van der Waals surface area contributed by atoms with E-state index in [1.54, 1.807) is 20.3 Å². The Labute approximate surface area is 207 Å². The molecule has 6 nitrogen and oxygen atoms in total. The van der Waals surface area contributed by atoms with Crippen molar-refractivity contribution in [3.05, 3.63) is 82.9 Å². The molecule has 0 saturated carbocycles. The standard InChI is InChI=1S/C29H33NO5/c1-4-21-17-26(32-2)27(33-3)19-23(21)29(31)30-24(13-11-20-9-6-5-7-10-20)22-12-14-25-28(18-22)35-16-8-15-34-25/h5-7,9-10,12,14,17-19,24H,4,8,11,13,15-16H2,1-3H3,(H,30,31). The number of rotatable bonds is 9. The van der Waals surface area contributed by atoms with Crippen LogP contribution in [0.15, 0.2) is 60.7 Å². The van der Waals surface area contributed by atoms with E-state index in [1.807, 2.05) is 49.4 Å². The molecule has 3 aromatic carbocycles. The van der Waals surface area contributed by atoms with Gasteiger partial charge in [0.1, 0.15) is 0 Å². The van der Waals surface area contributed by atoms with Crippen LogP contribution in [-0.2, 0) is 12.8 Å². The van der Waals surface area contributed by atoms with Gasteiger partial charge in [0.15, 0.2) is 23.0 Å². The minimum absolute atomic E-state index is 0.145. The van der Waals surface area contributed by atoms with Gasteiger partial charge in [-0.15, -0.1) is 0 Å². The first-order chi connectivity index (χ1) is 17.1. The summed E-state index contributed by atoms with van der Waals surface area (Å²) < 4.78 is 22.6. The highest BCUT2D eigenvalue weighted by molar-refractivity contribution is 5.96. The summed E-state index contributed by atoms with van der Waals surface area (Å²) in [7, 11) is 3.17. The molecule has 184 valence electrons. The Morgan fingerprint density at radius 1 is 0.943 bits per heavy atom. The summed E-state index contributed by atoms with van der Waals surface area (Å²) >= 11 is 0. The van der Waals surface area contributed by atoms with Crippen LogP contribution >= 0.6 is 0 Å². The van der Waals surface area contributed by atoms with Gasteiger partial charge < -0.3 is 24.3 Å². The molecule has 1 heterocycles. The molecule has 0 aliphatic carbocycles. The normalized spacial score (nSPS) is 13.5. The van der Waals surface area contributed by atoms with E-state index in [2.05, 4.69) is 17.4 Å². The lowest BCUT2D eigenvalue weighted by molar-refractivity contribution is 0.0933. The maximum Gasteiger partial charge on any atom is 0.252 e. The Hall–Kier alpha value is -3.67. The van der Waals surface area contributed by atoms with Crippen LogP contribution in [0.25, 0.3) is 0 Å². The van der Waals surface area contributed by atoms with Gasteiger partial charge in [-0.25, -0.2) is 0 Å². The lowest BCUT2D eigenvalue weighted by Gasteiger charge is -2.22. The topological polar surface area (TPSA) is 66.0 Å². The molecule has 4 rings (SSSR count). The molecule has 0 spiro atoms. The fourth-order valence-electron chi connectivity index (χ4n) is 4.34. The van der Waals surface area contributed by atoms with E-state index in [9.17, 15) is 4.79 Å². The van der Waals surface area contributed by atoms with E-state index in [-0.39, 0.29) is 11.9 Å². The van der Waals surface area contributed by atoms with Crippen molar-refractivity contribution in [3.8, 4) is 23.0 Å². The monoisotopic (exact) mass is 475 g/mol. The average molecular weight is 476 g/mol. The molecular formula is C29H33NO5. The SMILES string of the molecule is CCc1cc(OC)c(OC)cc1C(=O)NC(CCc1ccccc1)c1ccc2c(c1)OCCCO2. The van der Waals surface area contributed by atoms with Crippen LogP contribution in [0.3, 0.4) is 0 Å². The van der Waals surface area contributed by atoms with Crippen LogP contribution < -0.4 is 24.3 Å². The number of amides is 1. The average Bonchev–Trinajstić information content (AvgIpc) is 3.15. The second-order valence-electron chi connectivity index (χ2n) is 8.52. The van der Waals surface area contributed by atoms with Crippen molar-refractivity contribution in [1.29, 1.82) is 0 Å². The molecule has 0 saturated heterocycles. The molecule has 0 aromatic heterocycles. The first kappa shape index (κ1) is 24.5. The fraction of sp³-hybridized carbons (Fsp3) is 0.345. The van der Waals surface area contributed by atoms with E-state index in [4.69, 9.17) is 18.9 Å². The number of methoxy groups -OCH3 is 2. The number of nitrogens with one attached hydrogen (secondary N) is 1. The summed E-state index contributed by atoms with van der Waals surface area (Å²) in [5.74, 6) is 2.47. The number of aryl methyl sites for hydroxylation is 2. The van der Waals surface area contributed by atoms with Crippen LogP contribution in [0, 0.1) is 0 Å². The van der Waals surface area contributed by atoms with Crippen molar-refractivity contribution >= 4 is 5.91 Å². The lowest BCUT2D eigenvalue weighted by atomic mass is 9.97. The molecule has 0 bridgehead atoms. The Balaban J connectivity index is 1.64. The van der Waals surface area contributed by atoms with E-state index >= 15 is 0 Å². The highest BCUT2D eigenvalue weighted by atomic mass is 16.5. The van der Waals surface area contributed by atoms with E-state index in [0.29, 0.717) is 36.7 Å². The Kier molecular flexibility index (Phi) is 8.14. The summed E-state index contributed by atoms with van der Waals surface area (Å²) in [6, 6.07) is 19.7. The van der Waals surface area contributed by atoms with Crippen LogP contribution in [-0.4, -0.2) is 33.3 Å². The summed E-state index contributed by atoms with van der Waals surface area (Å²) in [5, 5.41) is 3.27. The summed E-state index contributed by atoms with van der Waals surface area (Å²) in [5.41, 5.74) is 3.70. The predicted molar refractivity (Wildman–Crippen MR) is 136 cm³/mol. The minimum atomic E-state index is -0.210. The van der Waals surface area contributed by atoms with Gasteiger partial charge in [0.05, 0.1) is 33.5 Å². The van der Waals surface area contributed by atoms with E-state index in [0.717, 1.165) is 41.9 Å². The number of carbonyl (C=O) groups is 1. The zero-order valence-electron chi connectivity index (χ0n) is 20.6. The number of hydrogen-bond donors (Lipinski definition) is 1. The molecule has 1 aliphatic heterocycles. The Morgan fingerprint density at radius 2 is 1.66 bits per heavy atom. The third-order valence-electron chi connectivity index (χ3n) is 6.28. The van der Waals surface area contributed by atoms with Gasteiger partial charge in [-0.1, -0.05) is 43.3 Å². The summed E-state index contributed by atoms with van der Waals surface area (Å²) in [4.78, 5) is 13.6. The number of carbonyl (C=O) groups excluding carboxylic acids is 1. The molecule has 1 atom stereocenters. The fourth-order valence-corrected chi connectivity index (χ4v) is 4.34. The summed E-state index contributed by atoms with van der Waals surface area (Å²) in [6.45, 7) is 3.28. The molecule has 0 radical (unpaired) electrons. The molecule has 1 amide bonds. The third-order valence-corrected chi connectivity index (χ3v) is 6.28. The van der Waals surface area contributed by atoms with Crippen molar-refractivity contribution in [1.82, 2.24) is 5.32 Å². The Bertz CT molecular complexity index is 1150. The van der Waals surface area contributed by atoms with Crippen molar-refractivity contribution in [2.45, 2.75) is 38.6 Å². The first-order valence-corrected chi connectivity index (χ1v) is 12.1. The van der Waals surface area contributed by atoms with Gasteiger partial charge in [0.25, 0.3) is 5.91 Å². The maximum atomic E-state index is 13.6. The quantitative estimate of drug-likeness (QED) is 0.441. The maximum absolute atomic E-state index is 13.6. The molecule has 3 aromatic rings. The zero-order chi connectivity index (χ0) is 24.6. The number of hydrogen-bond acceptors (Lipinski definition) is 5. The Morgan fingerprint density at radius 3 is 2.37 bits per heavy atom. The van der Waals surface area contributed by atoms with Gasteiger partial charge >= 0.3 is 0 Å². The molecule has 1 unspecified atom stereocenters. The van der Waals surface area contributed by atoms with Crippen LogP contribution in [0.1, 0.15) is 52.9 Å². The highest BCUT2D eigenvalue weighted by Crippen LogP contribution is 2.35. The number of benzene rings is 3. The van der Waals surface area contributed by atoms with Crippen molar-refractivity contribution < 1.29 is 23.7 Å². The first-order valence-electron chi connectivity index (χ1n) is 12.1. The van der Waals surface area contributed by atoms with Crippen molar-refractivity contribution in [3.63, 3.8) is 0 Å². The molecule has 35 heavy (non-hydrogen) atoms. The lowest BCUT2D eigenvalue weighted by Crippen LogP contribution is -2.30. The van der Waals surface area contributed by atoms with Gasteiger partial charge in [0.2, 0.25) is 0 Å². The van der Waals surface area contributed by atoms with Gasteiger partial charge in [-0.05, 0) is 60.2 Å². The van der Waals surface area contributed by atoms with Crippen LogP contribution in [0.2, 0.25) is 0 Å². The number of ether oxygens (including phenoxy) is 4. The molecule has 1 aliphatic rings. The molecule has 0 fully saturated rings. The number of fused-ring (bicyclic) bond motifs is 1. The van der Waals surface area contributed by atoms with Crippen LogP contribution in [0.4, 0.5) is 0 Å². The smallest absolute Gasteiger partial charge is 0.252 e. The molecular weight excluding hydrogens is 442 g/mol. The predicted octanol–water partition coefficient (Wildman–Crippen LogP) is 5.53. The second kappa shape index (κ2) is 11.6. The largest absolute Gasteiger partial charge is 0.493 e. The highest BCUT2D eigenvalue weighted by Gasteiger charge is 2.22. The molecule has 1 N–H and O–H groups in total.